The molecule has 5 heterocycles. The van der Waals surface area contributed by atoms with Gasteiger partial charge in [0.05, 0.1) is 6.61 Å². The van der Waals surface area contributed by atoms with Crippen molar-refractivity contribution >= 4 is 22.3 Å². The smallest absolute Gasteiger partial charge is 0.119 e. The topological polar surface area (TPSA) is 119 Å². The van der Waals surface area contributed by atoms with E-state index in [1.165, 1.54) is 44.9 Å². The van der Waals surface area contributed by atoms with Crippen molar-refractivity contribution in [3.8, 4) is 23.0 Å². The van der Waals surface area contributed by atoms with Crippen LogP contribution in [0.1, 0.15) is 103 Å². The van der Waals surface area contributed by atoms with Gasteiger partial charge in [-0.1, -0.05) is 100 Å². The van der Waals surface area contributed by atoms with Crippen LogP contribution in [-0.4, -0.2) is 111 Å². The molecule has 0 saturated heterocycles. The highest BCUT2D eigenvalue weighted by atomic mass is 16.5. The lowest BCUT2D eigenvalue weighted by atomic mass is 10.0. The Morgan fingerprint density at radius 1 is 0.368 bits per heavy atom. The zero-order valence-electron chi connectivity index (χ0n) is 45.5. The lowest BCUT2D eigenvalue weighted by molar-refractivity contribution is 0.261. The van der Waals surface area contributed by atoms with Gasteiger partial charge in [0.25, 0.3) is 0 Å². The normalized spacial score (nSPS) is 12.5. The standard InChI is InChI=1S/C65H77N7O4/c1-7-8-9-10-11-12-13-14-40-73-50-25-21-46(22-26-50)62-54-29-33-58(67-54)64(48-17-15-19-52(44-48)74-41-37-66-2)59-34-30-56(68-59)63(47-23-27-51(28-24-47)75-42-38-71(3)4)57-32-36-61(70-57)65(60-35-31-55(62)69-60)49-18-16-20-53(45-49)76-43-39-72(5)6/h15-36,44-45,66-70H,7-14,37-43H2,1-6H3. The fraction of sp³-hybridized carbons (Fsp3) is 0.323. The van der Waals surface area contributed by atoms with E-state index in [2.05, 4.69) is 204 Å². The molecule has 76 heavy (non-hydrogen) atoms. The molecule has 5 N–H and O–H groups in total. The Kier molecular flexibility index (Phi) is 18.5. The summed E-state index contributed by atoms with van der Waals surface area (Å²) in [5, 5.41) is 7.04. The lowest BCUT2D eigenvalue weighted by Crippen LogP contribution is -2.20. The first-order valence-corrected chi connectivity index (χ1v) is 27.4. The number of ether oxygens (including phenoxy) is 4. The molecule has 0 saturated carbocycles. The average Bonchev–Trinajstić information content (AvgIpc) is 4.31. The van der Waals surface area contributed by atoms with E-state index in [0.29, 0.717) is 26.4 Å². The van der Waals surface area contributed by atoms with Gasteiger partial charge in [-0.25, -0.2) is 0 Å². The van der Waals surface area contributed by atoms with Gasteiger partial charge in [0.15, 0.2) is 0 Å². The van der Waals surface area contributed by atoms with Crippen molar-refractivity contribution in [3.05, 3.63) is 212 Å². The third-order valence-corrected chi connectivity index (χ3v) is 13.9. The van der Waals surface area contributed by atoms with Crippen LogP contribution in [0.15, 0.2) is 146 Å². The molecular weight excluding hydrogens is 943 g/mol. The first kappa shape index (κ1) is 53.4. The van der Waals surface area contributed by atoms with Crippen LogP contribution in [0.4, 0.5) is 0 Å². The number of aromatic nitrogens is 4. The predicted octanol–water partition coefficient (Wildman–Crippen LogP) is 9.30. The molecule has 4 aromatic carbocycles. The Labute approximate surface area is 449 Å². The molecule has 1 aliphatic rings. The van der Waals surface area contributed by atoms with E-state index in [1.54, 1.807) is 0 Å². The summed E-state index contributed by atoms with van der Waals surface area (Å²) < 4.78 is 25.1. The minimum absolute atomic E-state index is 0.555. The van der Waals surface area contributed by atoms with Gasteiger partial charge < -0.3 is 54.0 Å². The largest absolute Gasteiger partial charge is 0.494 e. The number of likely N-dealkylation sites (N-methyl/N-ethyl adjacent to an activating group) is 3. The highest BCUT2D eigenvalue weighted by molar-refractivity contribution is 5.85. The summed E-state index contributed by atoms with van der Waals surface area (Å²) >= 11 is 0. The average molecular weight is 1020 g/mol. The van der Waals surface area contributed by atoms with Crippen molar-refractivity contribution in [1.29, 1.82) is 0 Å². The van der Waals surface area contributed by atoms with E-state index < -0.39 is 0 Å². The molecule has 11 nitrogen and oxygen atoms in total. The number of fused-ring (bicyclic) bond motifs is 8. The van der Waals surface area contributed by atoms with Crippen LogP contribution < -0.4 is 45.7 Å². The third kappa shape index (κ3) is 13.7. The minimum atomic E-state index is 0.555. The SMILES string of the molecule is CCCCCCCCCCOc1ccc(C2=c3ccc([nH]3)=C(c3cccc(OCCN(C)C)c3)c3ccc([nH]3)C(c3ccc(OCCN(C)C)cc3)=c3ccc([nH]3)=C(c3cccc(OCCNC)c3)c3ccc2[nH]3)cc1. The van der Waals surface area contributed by atoms with Crippen molar-refractivity contribution in [2.24, 2.45) is 0 Å². The van der Waals surface area contributed by atoms with Crippen LogP contribution in [0.25, 0.3) is 22.3 Å². The second-order valence-corrected chi connectivity index (χ2v) is 20.3. The van der Waals surface area contributed by atoms with Gasteiger partial charge in [0.2, 0.25) is 0 Å². The van der Waals surface area contributed by atoms with Crippen LogP contribution in [0, 0.1) is 0 Å². The molecule has 11 heteroatoms. The van der Waals surface area contributed by atoms with Crippen molar-refractivity contribution in [2.45, 2.75) is 58.3 Å². The Bertz CT molecular complexity index is 3380. The summed E-state index contributed by atoms with van der Waals surface area (Å²) in [6.45, 7) is 7.10. The predicted molar refractivity (Wildman–Crippen MR) is 310 cm³/mol. The van der Waals surface area contributed by atoms with E-state index in [-0.39, 0.29) is 0 Å². The number of benzene rings is 4. The zero-order valence-corrected chi connectivity index (χ0v) is 45.5. The summed E-state index contributed by atoms with van der Waals surface area (Å²) in [5.41, 5.74) is 12.1. The van der Waals surface area contributed by atoms with Crippen molar-refractivity contribution < 1.29 is 18.9 Å². The molecule has 396 valence electrons. The molecule has 1 aliphatic heterocycles. The molecule has 0 spiro atoms. The highest BCUT2D eigenvalue weighted by Crippen LogP contribution is 2.31. The summed E-state index contributed by atoms with van der Waals surface area (Å²) in [6.07, 6.45) is 10.1. The number of nitrogens with one attached hydrogen (secondary N) is 5. The van der Waals surface area contributed by atoms with E-state index in [1.807, 2.05) is 19.2 Å². The van der Waals surface area contributed by atoms with E-state index in [4.69, 9.17) is 18.9 Å². The zero-order chi connectivity index (χ0) is 52.6. The number of hydrogen-bond donors (Lipinski definition) is 5. The van der Waals surface area contributed by atoms with Crippen molar-refractivity contribution in [3.63, 3.8) is 0 Å². The first-order valence-electron chi connectivity index (χ1n) is 27.4. The Balaban J connectivity index is 1.21. The van der Waals surface area contributed by atoms with Crippen LogP contribution in [0.5, 0.6) is 23.0 Å². The van der Waals surface area contributed by atoms with E-state index in [0.717, 1.165) is 138 Å². The minimum Gasteiger partial charge on any atom is -0.494 e. The van der Waals surface area contributed by atoms with Crippen LogP contribution in [0.3, 0.4) is 0 Å². The molecular formula is C65H77N7O4. The number of hydrogen-bond acceptors (Lipinski definition) is 7. The summed E-state index contributed by atoms with van der Waals surface area (Å²) in [4.78, 5) is 20.0. The van der Waals surface area contributed by atoms with Crippen LogP contribution >= 0.6 is 0 Å². The summed E-state index contributed by atoms with van der Waals surface area (Å²) in [6, 6.07) is 51.4. The van der Waals surface area contributed by atoms with Gasteiger partial charge in [-0.15, -0.1) is 0 Å². The van der Waals surface area contributed by atoms with Crippen LogP contribution in [-0.2, 0) is 0 Å². The number of H-pyrrole nitrogens is 4. The maximum absolute atomic E-state index is 6.35. The molecule has 8 bridgehead atoms. The van der Waals surface area contributed by atoms with Crippen molar-refractivity contribution in [2.75, 3.05) is 81.3 Å². The van der Waals surface area contributed by atoms with Gasteiger partial charge >= 0.3 is 0 Å². The second kappa shape index (κ2) is 26.4. The molecule has 0 atom stereocenters. The molecule has 4 aromatic heterocycles. The third-order valence-electron chi connectivity index (χ3n) is 13.9. The molecule has 0 unspecified atom stereocenters. The number of nitrogens with zero attached hydrogens (tertiary/aromatic N) is 2. The quantitative estimate of drug-likeness (QED) is 0.0344. The lowest BCUT2D eigenvalue weighted by Gasteiger charge is -2.13. The fourth-order valence-corrected chi connectivity index (χ4v) is 9.88. The van der Waals surface area contributed by atoms with Crippen LogP contribution in [0.2, 0.25) is 0 Å². The van der Waals surface area contributed by atoms with E-state index >= 15 is 0 Å². The van der Waals surface area contributed by atoms with Gasteiger partial charge in [-0.3, -0.25) is 0 Å². The summed E-state index contributed by atoms with van der Waals surface area (Å²) in [5.74, 6) is 3.32. The fourth-order valence-electron chi connectivity index (χ4n) is 9.88. The molecule has 0 radical (unpaired) electrons. The molecule has 0 fully saturated rings. The Morgan fingerprint density at radius 2 is 0.750 bits per heavy atom. The van der Waals surface area contributed by atoms with Gasteiger partial charge in [-0.05, 0) is 161 Å². The van der Waals surface area contributed by atoms with Gasteiger partial charge in [0, 0.05) is 86.1 Å². The van der Waals surface area contributed by atoms with Crippen molar-refractivity contribution in [1.82, 2.24) is 35.1 Å². The molecule has 0 amide bonds. The van der Waals surface area contributed by atoms with Gasteiger partial charge in [-0.2, -0.15) is 0 Å². The number of unbranched alkanes of at least 4 members (excludes halogenated alkanes) is 7. The van der Waals surface area contributed by atoms with Gasteiger partial charge in [0.1, 0.15) is 42.8 Å². The Morgan fingerprint density at radius 3 is 1.17 bits per heavy atom. The molecule has 9 rings (SSSR count). The van der Waals surface area contributed by atoms with E-state index in [9.17, 15) is 0 Å². The second-order valence-electron chi connectivity index (χ2n) is 20.3. The number of rotatable bonds is 26. The maximum atomic E-state index is 6.35. The first-order chi connectivity index (χ1) is 37.2. The molecule has 0 aliphatic carbocycles. The monoisotopic (exact) mass is 1020 g/mol. The Hall–Kier alpha value is -7.44. The maximum Gasteiger partial charge on any atom is 0.119 e. The highest BCUT2D eigenvalue weighted by Gasteiger charge is 2.20. The molecule has 8 aromatic rings. The summed E-state index contributed by atoms with van der Waals surface area (Å²) in [7, 11) is 10.2. The number of aromatic amines is 4.